The minimum absolute atomic E-state index is 0.0936. The number of urea groups is 1. The van der Waals surface area contributed by atoms with E-state index >= 15 is 0 Å². The molecule has 0 fully saturated rings. The van der Waals surface area contributed by atoms with Crippen molar-refractivity contribution in [1.29, 1.82) is 0 Å². The second-order valence-electron chi connectivity index (χ2n) is 7.15. The molecule has 0 unspecified atom stereocenters. The van der Waals surface area contributed by atoms with Crippen LogP contribution in [0.5, 0.6) is 0 Å². The summed E-state index contributed by atoms with van der Waals surface area (Å²) in [5, 5.41) is 9.40. The average molecular weight is 407 g/mol. The van der Waals surface area contributed by atoms with Crippen LogP contribution in [0.2, 0.25) is 0 Å². The highest BCUT2D eigenvalue weighted by molar-refractivity contribution is 5.89. The number of rotatable bonds is 7. The SMILES string of the molecule is Cc1ccc(CNC(=O)c2nc(CCN(C)C(=O)Nc3ccc(C)cc3)no2)cc1. The molecule has 8 nitrogen and oxygen atoms in total. The minimum atomic E-state index is -0.431. The lowest BCUT2D eigenvalue weighted by atomic mass is 10.1. The molecule has 0 atom stereocenters. The highest BCUT2D eigenvalue weighted by atomic mass is 16.5. The summed E-state index contributed by atoms with van der Waals surface area (Å²) in [5.74, 6) is -0.158. The molecule has 3 rings (SSSR count). The second-order valence-corrected chi connectivity index (χ2v) is 7.15. The first-order chi connectivity index (χ1) is 14.4. The van der Waals surface area contributed by atoms with E-state index in [4.69, 9.17) is 4.52 Å². The molecular weight excluding hydrogens is 382 g/mol. The molecule has 0 saturated carbocycles. The van der Waals surface area contributed by atoms with E-state index in [0.29, 0.717) is 25.3 Å². The van der Waals surface area contributed by atoms with E-state index in [-0.39, 0.29) is 11.9 Å². The van der Waals surface area contributed by atoms with Crippen molar-refractivity contribution < 1.29 is 14.1 Å². The standard InChI is InChI=1S/C22H25N5O3/c1-15-4-8-17(9-5-15)14-23-20(28)21-25-19(26-30-21)12-13-27(3)22(29)24-18-10-6-16(2)7-11-18/h4-11H,12-14H2,1-3H3,(H,23,28)(H,24,29). The van der Waals surface area contributed by atoms with Gasteiger partial charge in [0, 0.05) is 32.2 Å². The maximum atomic E-state index is 12.3. The van der Waals surface area contributed by atoms with Gasteiger partial charge in [0.15, 0.2) is 5.82 Å². The molecule has 0 aliphatic rings. The number of likely N-dealkylation sites (N-methyl/N-ethyl adjacent to an activating group) is 1. The normalized spacial score (nSPS) is 10.5. The van der Waals surface area contributed by atoms with Crippen molar-refractivity contribution in [3.05, 3.63) is 76.9 Å². The Morgan fingerprint density at radius 3 is 2.30 bits per heavy atom. The number of amides is 3. The summed E-state index contributed by atoms with van der Waals surface area (Å²) in [6, 6.07) is 15.2. The van der Waals surface area contributed by atoms with Crippen LogP contribution in [-0.4, -0.2) is 40.6 Å². The van der Waals surface area contributed by atoms with E-state index in [9.17, 15) is 9.59 Å². The molecule has 156 valence electrons. The molecule has 30 heavy (non-hydrogen) atoms. The topological polar surface area (TPSA) is 100 Å². The summed E-state index contributed by atoms with van der Waals surface area (Å²) in [4.78, 5) is 30.1. The number of hydrogen-bond donors (Lipinski definition) is 2. The molecule has 3 amide bonds. The van der Waals surface area contributed by atoms with Crippen LogP contribution in [0.15, 0.2) is 53.1 Å². The molecule has 1 heterocycles. The maximum absolute atomic E-state index is 12.3. The smallest absolute Gasteiger partial charge is 0.321 e. The van der Waals surface area contributed by atoms with Gasteiger partial charge in [-0.3, -0.25) is 4.79 Å². The van der Waals surface area contributed by atoms with Crippen molar-refractivity contribution in [1.82, 2.24) is 20.4 Å². The van der Waals surface area contributed by atoms with Gasteiger partial charge in [0.05, 0.1) is 0 Å². The Kier molecular flexibility index (Phi) is 6.79. The Labute approximate surface area is 175 Å². The monoisotopic (exact) mass is 407 g/mol. The molecule has 0 aliphatic heterocycles. The van der Waals surface area contributed by atoms with Gasteiger partial charge >= 0.3 is 17.8 Å². The third kappa shape index (κ3) is 5.91. The highest BCUT2D eigenvalue weighted by Gasteiger charge is 2.16. The fourth-order valence-electron chi connectivity index (χ4n) is 2.64. The Hall–Kier alpha value is -3.68. The van der Waals surface area contributed by atoms with Crippen LogP contribution in [0.3, 0.4) is 0 Å². The number of aromatic nitrogens is 2. The summed E-state index contributed by atoms with van der Waals surface area (Å²) in [7, 11) is 1.68. The van der Waals surface area contributed by atoms with Crippen LogP contribution >= 0.6 is 0 Å². The van der Waals surface area contributed by atoms with E-state index in [0.717, 1.165) is 22.4 Å². The van der Waals surface area contributed by atoms with Crippen LogP contribution in [0, 0.1) is 13.8 Å². The lowest BCUT2D eigenvalue weighted by Crippen LogP contribution is -2.33. The van der Waals surface area contributed by atoms with Gasteiger partial charge in [0.1, 0.15) is 0 Å². The Bertz CT molecular complexity index is 996. The van der Waals surface area contributed by atoms with Crippen molar-refractivity contribution in [2.75, 3.05) is 18.9 Å². The van der Waals surface area contributed by atoms with E-state index in [2.05, 4.69) is 20.8 Å². The van der Waals surface area contributed by atoms with Gasteiger partial charge in [-0.15, -0.1) is 0 Å². The molecule has 2 N–H and O–H groups in total. The molecule has 1 aromatic heterocycles. The Morgan fingerprint density at radius 1 is 1.00 bits per heavy atom. The van der Waals surface area contributed by atoms with E-state index in [1.807, 2.05) is 62.4 Å². The third-order valence-electron chi connectivity index (χ3n) is 4.56. The van der Waals surface area contributed by atoms with Crippen molar-refractivity contribution in [3.63, 3.8) is 0 Å². The van der Waals surface area contributed by atoms with Crippen LogP contribution < -0.4 is 10.6 Å². The fraction of sp³-hybridized carbons (Fsp3) is 0.273. The minimum Gasteiger partial charge on any atom is -0.344 e. The number of aryl methyl sites for hydroxylation is 2. The molecule has 2 aromatic carbocycles. The summed E-state index contributed by atoms with van der Waals surface area (Å²) >= 11 is 0. The number of nitrogens with zero attached hydrogens (tertiary/aromatic N) is 3. The number of benzene rings is 2. The first kappa shape index (κ1) is 21.0. The first-order valence-electron chi connectivity index (χ1n) is 9.66. The van der Waals surface area contributed by atoms with E-state index in [1.54, 1.807) is 7.05 Å². The average Bonchev–Trinajstić information content (AvgIpc) is 3.22. The van der Waals surface area contributed by atoms with Gasteiger partial charge in [-0.05, 0) is 31.5 Å². The zero-order chi connectivity index (χ0) is 21.5. The zero-order valence-corrected chi connectivity index (χ0v) is 17.3. The van der Waals surface area contributed by atoms with Crippen molar-refractivity contribution in [2.45, 2.75) is 26.8 Å². The Morgan fingerprint density at radius 2 is 1.63 bits per heavy atom. The van der Waals surface area contributed by atoms with Crippen molar-refractivity contribution >= 4 is 17.6 Å². The Balaban J connectivity index is 1.46. The van der Waals surface area contributed by atoms with Crippen LogP contribution in [0.25, 0.3) is 0 Å². The number of anilines is 1. The quantitative estimate of drug-likeness (QED) is 0.626. The maximum Gasteiger partial charge on any atom is 0.321 e. The molecule has 0 saturated heterocycles. The van der Waals surface area contributed by atoms with Gasteiger partial charge < -0.3 is 20.1 Å². The molecule has 0 spiro atoms. The largest absolute Gasteiger partial charge is 0.344 e. The molecule has 0 bridgehead atoms. The predicted molar refractivity (Wildman–Crippen MR) is 113 cm³/mol. The predicted octanol–water partition coefficient (Wildman–Crippen LogP) is 3.32. The lowest BCUT2D eigenvalue weighted by molar-refractivity contribution is 0.0907. The summed E-state index contributed by atoms with van der Waals surface area (Å²) < 4.78 is 5.04. The van der Waals surface area contributed by atoms with E-state index < -0.39 is 5.91 Å². The van der Waals surface area contributed by atoms with Crippen LogP contribution in [-0.2, 0) is 13.0 Å². The number of carbonyl (C=O) groups is 2. The number of nitrogens with one attached hydrogen (secondary N) is 2. The molecule has 3 aromatic rings. The number of carbonyl (C=O) groups excluding carboxylic acids is 2. The van der Waals surface area contributed by atoms with Gasteiger partial charge in [0.25, 0.3) is 0 Å². The molecule has 8 heteroatoms. The van der Waals surface area contributed by atoms with Crippen molar-refractivity contribution in [3.8, 4) is 0 Å². The zero-order valence-electron chi connectivity index (χ0n) is 17.3. The van der Waals surface area contributed by atoms with Crippen molar-refractivity contribution in [2.24, 2.45) is 0 Å². The van der Waals surface area contributed by atoms with Gasteiger partial charge in [-0.1, -0.05) is 52.7 Å². The van der Waals surface area contributed by atoms with E-state index in [1.165, 1.54) is 4.90 Å². The van der Waals surface area contributed by atoms with Crippen LogP contribution in [0.1, 0.15) is 33.2 Å². The molecular formula is C22H25N5O3. The van der Waals surface area contributed by atoms with Crippen LogP contribution in [0.4, 0.5) is 10.5 Å². The fourth-order valence-corrected chi connectivity index (χ4v) is 2.64. The summed E-state index contributed by atoms with van der Waals surface area (Å²) in [6.07, 6.45) is 0.368. The molecule has 0 radical (unpaired) electrons. The third-order valence-corrected chi connectivity index (χ3v) is 4.56. The second kappa shape index (κ2) is 9.69. The lowest BCUT2D eigenvalue weighted by Gasteiger charge is -2.17. The van der Waals surface area contributed by atoms with Gasteiger partial charge in [-0.25, -0.2) is 4.79 Å². The summed E-state index contributed by atoms with van der Waals surface area (Å²) in [6.45, 7) is 4.74. The first-order valence-corrected chi connectivity index (χ1v) is 9.66. The number of hydrogen-bond acceptors (Lipinski definition) is 5. The molecule has 0 aliphatic carbocycles. The van der Waals surface area contributed by atoms with Gasteiger partial charge in [0.2, 0.25) is 0 Å². The highest BCUT2D eigenvalue weighted by Crippen LogP contribution is 2.09. The van der Waals surface area contributed by atoms with Gasteiger partial charge in [-0.2, -0.15) is 4.98 Å². The summed E-state index contributed by atoms with van der Waals surface area (Å²) in [5.41, 5.74) is 3.99.